The fourth-order valence-electron chi connectivity index (χ4n) is 3.14. The van der Waals surface area contributed by atoms with Crippen LogP contribution in [0, 0.1) is 0 Å². The molecule has 1 aromatic carbocycles. The first-order valence-corrected chi connectivity index (χ1v) is 10.9. The molecule has 2 aromatic rings. The minimum Gasteiger partial charge on any atom is -0.491 e. The molecule has 0 aliphatic carbocycles. The van der Waals surface area contributed by atoms with Crippen LogP contribution in [0.2, 0.25) is 0 Å². The normalized spacial score (nSPS) is 17.8. The van der Waals surface area contributed by atoms with Gasteiger partial charge in [-0.3, -0.25) is 9.78 Å². The first-order chi connectivity index (χ1) is 13.8. The van der Waals surface area contributed by atoms with Gasteiger partial charge >= 0.3 is 0 Å². The van der Waals surface area contributed by atoms with Gasteiger partial charge in [0, 0.05) is 18.8 Å². The van der Waals surface area contributed by atoms with E-state index in [1.807, 2.05) is 13.8 Å². The Bertz CT molecular complexity index is 960. The number of hydrogen-bond donors (Lipinski definition) is 1. The summed E-state index contributed by atoms with van der Waals surface area (Å²) in [5, 5.41) is 0. The van der Waals surface area contributed by atoms with Crippen molar-refractivity contribution in [2.75, 3.05) is 13.1 Å². The molecule has 0 saturated carbocycles. The standard InChI is InChI=1S/C20H25N3O5S/c1-14(2)27-15-5-7-18(8-6-15)29(25,26)23-11-3-4-17(13-23)28-16-9-10-22-19(12-16)20(21)24/h5-10,12,14,17H,3-4,11,13H2,1-2H3,(H2,21,24). The van der Waals surface area contributed by atoms with Crippen LogP contribution < -0.4 is 15.2 Å². The van der Waals surface area contributed by atoms with Crippen LogP contribution in [0.4, 0.5) is 0 Å². The molecule has 1 fully saturated rings. The van der Waals surface area contributed by atoms with Gasteiger partial charge in [-0.2, -0.15) is 4.31 Å². The van der Waals surface area contributed by atoms with Gasteiger partial charge in [-0.15, -0.1) is 0 Å². The minimum absolute atomic E-state index is 0.0146. The zero-order valence-corrected chi connectivity index (χ0v) is 17.3. The second kappa shape index (κ2) is 8.79. The molecule has 3 rings (SSSR count). The van der Waals surface area contributed by atoms with Crippen LogP contribution in [-0.4, -0.2) is 48.9 Å². The fourth-order valence-corrected chi connectivity index (χ4v) is 4.65. The number of benzene rings is 1. The highest BCUT2D eigenvalue weighted by Gasteiger charge is 2.31. The van der Waals surface area contributed by atoms with E-state index < -0.39 is 15.9 Å². The van der Waals surface area contributed by atoms with E-state index in [1.165, 1.54) is 16.6 Å². The number of ether oxygens (including phenoxy) is 2. The second-order valence-electron chi connectivity index (χ2n) is 7.12. The molecule has 8 nitrogen and oxygen atoms in total. The SMILES string of the molecule is CC(C)Oc1ccc(S(=O)(=O)N2CCCC(Oc3ccnc(C(N)=O)c3)C2)cc1. The average molecular weight is 420 g/mol. The maximum Gasteiger partial charge on any atom is 0.267 e. The van der Waals surface area contributed by atoms with E-state index in [2.05, 4.69) is 4.98 Å². The lowest BCUT2D eigenvalue weighted by atomic mass is 10.1. The molecule has 1 unspecified atom stereocenters. The van der Waals surface area contributed by atoms with Crippen molar-refractivity contribution in [3.63, 3.8) is 0 Å². The van der Waals surface area contributed by atoms with Crippen molar-refractivity contribution in [1.29, 1.82) is 0 Å². The van der Waals surface area contributed by atoms with Crippen LogP contribution in [0.15, 0.2) is 47.5 Å². The van der Waals surface area contributed by atoms with E-state index in [-0.39, 0.29) is 29.3 Å². The first-order valence-electron chi connectivity index (χ1n) is 9.45. The first kappa shape index (κ1) is 21.1. The summed E-state index contributed by atoms with van der Waals surface area (Å²) in [6.07, 6.45) is 2.51. The number of carbonyl (C=O) groups is 1. The Hall–Kier alpha value is -2.65. The lowest BCUT2D eigenvalue weighted by Crippen LogP contribution is -2.44. The number of amides is 1. The number of hydrogen-bond acceptors (Lipinski definition) is 6. The number of sulfonamides is 1. The van der Waals surface area contributed by atoms with Gasteiger partial charge in [0.1, 0.15) is 23.3 Å². The largest absolute Gasteiger partial charge is 0.491 e. The fraction of sp³-hybridized carbons (Fsp3) is 0.400. The number of piperidine rings is 1. The highest BCUT2D eigenvalue weighted by Crippen LogP contribution is 2.25. The Balaban J connectivity index is 1.70. The van der Waals surface area contributed by atoms with E-state index in [1.54, 1.807) is 30.3 Å². The lowest BCUT2D eigenvalue weighted by Gasteiger charge is -2.32. The van der Waals surface area contributed by atoms with Gasteiger partial charge in [0.25, 0.3) is 5.91 Å². The molecule has 29 heavy (non-hydrogen) atoms. The number of carbonyl (C=O) groups excluding carboxylic acids is 1. The highest BCUT2D eigenvalue weighted by molar-refractivity contribution is 7.89. The number of rotatable bonds is 7. The van der Waals surface area contributed by atoms with Crippen LogP contribution >= 0.6 is 0 Å². The maximum absolute atomic E-state index is 13.0. The summed E-state index contributed by atoms with van der Waals surface area (Å²) in [6, 6.07) is 9.51. The van der Waals surface area contributed by atoms with Crippen molar-refractivity contribution < 1.29 is 22.7 Å². The zero-order chi connectivity index (χ0) is 21.0. The number of primary amides is 1. The molecule has 1 saturated heterocycles. The molecule has 1 aliphatic heterocycles. The molecule has 0 radical (unpaired) electrons. The Morgan fingerprint density at radius 2 is 1.93 bits per heavy atom. The quantitative estimate of drug-likeness (QED) is 0.736. The summed E-state index contributed by atoms with van der Waals surface area (Å²) < 4.78 is 38.9. The molecular formula is C20H25N3O5S. The van der Waals surface area contributed by atoms with E-state index in [9.17, 15) is 13.2 Å². The topological polar surface area (TPSA) is 112 Å². The van der Waals surface area contributed by atoms with Crippen molar-refractivity contribution in [3.8, 4) is 11.5 Å². The molecule has 1 amide bonds. The summed E-state index contributed by atoms with van der Waals surface area (Å²) in [6.45, 7) is 4.47. The van der Waals surface area contributed by atoms with Crippen molar-refractivity contribution in [3.05, 3.63) is 48.3 Å². The number of nitrogens with zero attached hydrogens (tertiary/aromatic N) is 2. The molecule has 1 aliphatic rings. The van der Waals surface area contributed by atoms with Gasteiger partial charge in [0.05, 0.1) is 17.5 Å². The van der Waals surface area contributed by atoms with E-state index in [0.717, 1.165) is 0 Å². The van der Waals surface area contributed by atoms with Crippen molar-refractivity contribution in [2.45, 2.75) is 43.8 Å². The third-order valence-electron chi connectivity index (χ3n) is 4.46. The third-order valence-corrected chi connectivity index (χ3v) is 6.34. The van der Waals surface area contributed by atoms with E-state index >= 15 is 0 Å². The zero-order valence-electron chi connectivity index (χ0n) is 16.4. The van der Waals surface area contributed by atoms with Gasteiger partial charge in [-0.05, 0) is 57.0 Å². The number of nitrogens with two attached hydrogens (primary N) is 1. The summed E-state index contributed by atoms with van der Waals surface area (Å²) >= 11 is 0. The van der Waals surface area contributed by atoms with Crippen LogP contribution in [0.3, 0.4) is 0 Å². The molecular weight excluding hydrogens is 394 g/mol. The summed E-state index contributed by atoms with van der Waals surface area (Å²) in [7, 11) is -3.64. The second-order valence-corrected chi connectivity index (χ2v) is 9.06. The molecule has 1 atom stereocenters. The summed E-state index contributed by atoms with van der Waals surface area (Å²) in [5.41, 5.74) is 5.35. The van der Waals surface area contributed by atoms with Crippen molar-refractivity contribution in [1.82, 2.24) is 9.29 Å². The minimum atomic E-state index is -3.64. The van der Waals surface area contributed by atoms with Gasteiger partial charge < -0.3 is 15.2 Å². The van der Waals surface area contributed by atoms with Gasteiger partial charge in [-0.25, -0.2) is 8.42 Å². The van der Waals surface area contributed by atoms with Crippen molar-refractivity contribution in [2.24, 2.45) is 5.73 Å². The summed E-state index contributed by atoms with van der Waals surface area (Å²) in [5.74, 6) is 0.420. The molecule has 1 aromatic heterocycles. The molecule has 2 heterocycles. The third kappa shape index (κ3) is 5.24. The summed E-state index contributed by atoms with van der Waals surface area (Å²) in [4.78, 5) is 15.4. The predicted molar refractivity (Wildman–Crippen MR) is 107 cm³/mol. The Labute approximate surface area is 170 Å². The average Bonchev–Trinajstić information content (AvgIpc) is 2.68. The van der Waals surface area contributed by atoms with Gasteiger partial charge in [0.2, 0.25) is 10.0 Å². The lowest BCUT2D eigenvalue weighted by molar-refractivity contribution is 0.0993. The molecule has 9 heteroatoms. The Morgan fingerprint density at radius 1 is 1.21 bits per heavy atom. The Kier molecular flexibility index (Phi) is 6.39. The molecule has 0 spiro atoms. The monoisotopic (exact) mass is 419 g/mol. The van der Waals surface area contributed by atoms with Gasteiger partial charge in [0.15, 0.2) is 0 Å². The smallest absolute Gasteiger partial charge is 0.267 e. The van der Waals surface area contributed by atoms with E-state index in [0.29, 0.717) is 30.9 Å². The van der Waals surface area contributed by atoms with Crippen molar-refractivity contribution >= 4 is 15.9 Å². The van der Waals surface area contributed by atoms with Crippen LogP contribution in [0.5, 0.6) is 11.5 Å². The van der Waals surface area contributed by atoms with E-state index in [4.69, 9.17) is 15.2 Å². The number of pyridine rings is 1. The van der Waals surface area contributed by atoms with Crippen LogP contribution in [-0.2, 0) is 10.0 Å². The van der Waals surface area contributed by atoms with Gasteiger partial charge in [-0.1, -0.05) is 0 Å². The van der Waals surface area contributed by atoms with Crippen LogP contribution in [0.25, 0.3) is 0 Å². The molecule has 156 valence electrons. The highest BCUT2D eigenvalue weighted by atomic mass is 32.2. The molecule has 0 bridgehead atoms. The predicted octanol–water partition coefficient (Wildman–Crippen LogP) is 2.20. The maximum atomic E-state index is 13.0. The van der Waals surface area contributed by atoms with Crippen LogP contribution in [0.1, 0.15) is 37.2 Å². The number of aromatic nitrogens is 1. The molecule has 2 N–H and O–H groups in total. The Morgan fingerprint density at radius 3 is 2.59 bits per heavy atom.